The molecule has 1 aromatic heterocycles. The maximum absolute atomic E-state index is 12.7. The molecule has 0 bridgehead atoms. The van der Waals surface area contributed by atoms with Crippen molar-refractivity contribution in [3.8, 4) is 5.88 Å². The Morgan fingerprint density at radius 1 is 1.64 bits per heavy atom. The van der Waals surface area contributed by atoms with Gasteiger partial charge >= 0.3 is 0 Å². The second kappa shape index (κ2) is 3.67. The third kappa shape index (κ3) is 2.15. The Bertz CT molecular complexity index is 254. The minimum Gasteiger partial charge on any atom is -0.478 e. The van der Waals surface area contributed by atoms with E-state index in [2.05, 4.69) is 20.9 Å². The number of rotatable bonds is 2. The second-order valence-electron chi connectivity index (χ2n) is 1.86. The van der Waals surface area contributed by atoms with Gasteiger partial charge in [-0.3, -0.25) is 0 Å². The predicted molar refractivity (Wildman–Crippen MR) is 43.1 cm³/mol. The van der Waals surface area contributed by atoms with Crippen LogP contribution in [0.3, 0.4) is 0 Å². The zero-order chi connectivity index (χ0) is 8.27. The molecular formula is C7H7BrFNO. The van der Waals surface area contributed by atoms with Gasteiger partial charge in [-0.15, -0.1) is 0 Å². The second-order valence-corrected chi connectivity index (χ2v) is 2.71. The highest BCUT2D eigenvalue weighted by Crippen LogP contribution is 2.16. The minimum absolute atomic E-state index is 0.313. The molecular weight excluding hydrogens is 213 g/mol. The Labute approximate surface area is 72.5 Å². The summed E-state index contributed by atoms with van der Waals surface area (Å²) in [7, 11) is 0. The Balaban J connectivity index is 2.86. The van der Waals surface area contributed by atoms with E-state index in [0.29, 0.717) is 17.0 Å². The van der Waals surface area contributed by atoms with E-state index in [9.17, 15) is 4.39 Å². The number of ether oxygens (including phenoxy) is 1. The molecule has 0 atom stereocenters. The average Bonchev–Trinajstić information content (AvgIpc) is 1.98. The maximum Gasteiger partial charge on any atom is 0.230 e. The smallest absolute Gasteiger partial charge is 0.230 e. The molecule has 0 aromatic carbocycles. The number of pyridine rings is 1. The van der Waals surface area contributed by atoms with Crippen molar-refractivity contribution in [3.05, 3.63) is 22.6 Å². The van der Waals surface area contributed by atoms with Crippen molar-refractivity contribution in [2.75, 3.05) is 6.61 Å². The number of nitrogens with zero attached hydrogens (tertiary/aromatic N) is 1. The summed E-state index contributed by atoms with van der Waals surface area (Å²) < 4.78 is 18.0. The summed E-state index contributed by atoms with van der Waals surface area (Å²) in [6, 6.07) is 3.17. The SMILES string of the molecule is CCOc1ccc(Br)c(F)n1. The summed E-state index contributed by atoms with van der Waals surface area (Å²) in [5, 5.41) is 0. The van der Waals surface area contributed by atoms with Crippen LogP contribution in [0.2, 0.25) is 0 Å². The van der Waals surface area contributed by atoms with Gasteiger partial charge in [-0.25, -0.2) is 0 Å². The van der Waals surface area contributed by atoms with Crippen LogP contribution < -0.4 is 4.74 Å². The van der Waals surface area contributed by atoms with Crippen molar-refractivity contribution in [3.63, 3.8) is 0 Å². The zero-order valence-corrected chi connectivity index (χ0v) is 7.56. The highest BCUT2D eigenvalue weighted by molar-refractivity contribution is 9.10. The zero-order valence-electron chi connectivity index (χ0n) is 5.97. The largest absolute Gasteiger partial charge is 0.478 e. The Morgan fingerprint density at radius 3 is 2.91 bits per heavy atom. The van der Waals surface area contributed by atoms with Gasteiger partial charge in [0.2, 0.25) is 11.8 Å². The van der Waals surface area contributed by atoms with Crippen LogP contribution in [-0.2, 0) is 0 Å². The highest BCUT2D eigenvalue weighted by atomic mass is 79.9. The lowest BCUT2D eigenvalue weighted by Gasteiger charge is -2.00. The van der Waals surface area contributed by atoms with Crippen molar-refractivity contribution in [2.24, 2.45) is 0 Å². The van der Waals surface area contributed by atoms with Crippen molar-refractivity contribution in [2.45, 2.75) is 6.92 Å². The first-order chi connectivity index (χ1) is 5.24. The van der Waals surface area contributed by atoms with Crippen LogP contribution in [0.15, 0.2) is 16.6 Å². The minimum atomic E-state index is -0.545. The van der Waals surface area contributed by atoms with Crippen LogP contribution in [0.1, 0.15) is 6.92 Å². The molecule has 1 heterocycles. The number of hydrogen-bond donors (Lipinski definition) is 0. The molecule has 60 valence electrons. The first kappa shape index (κ1) is 8.46. The Kier molecular flexibility index (Phi) is 2.82. The number of aromatic nitrogens is 1. The van der Waals surface area contributed by atoms with Crippen LogP contribution in [0.25, 0.3) is 0 Å². The molecule has 4 heteroatoms. The molecule has 0 saturated heterocycles. The summed E-state index contributed by atoms with van der Waals surface area (Å²) in [5.41, 5.74) is 0. The molecule has 0 aliphatic heterocycles. The van der Waals surface area contributed by atoms with Gasteiger partial charge < -0.3 is 4.74 Å². The molecule has 11 heavy (non-hydrogen) atoms. The van der Waals surface area contributed by atoms with Crippen molar-refractivity contribution < 1.29 is 9.13 Å². The van der Waals surface area contributed by atoms with E-state index in [1.165, 1.54) is 0 Å². The normalized spacial score (nSPS) is 9.73. The van der Waals surface area contributed by atoms with Gasteiger partial charge in [-0.2, -0.15) is 9.37 Å². The molecule has 0 amide bonds. The van der Waals surface area contributed by atoms with E-state index >= 15 is 0 Å². The topological polar surface area (TPSA) is 22.1 Å². The fourth-order valence-electron chi connectivity index (χ4n) is 0.629. The molecule has 0 unspecified atom stereocenters. The fraction of sp³-hybridized carbons (Fsp3) is 0.286. The molecule has 2 nitrogen and oxygen atoms in total. The van der Waals surface area contributed by atoms with Crippen LogP contribution in [0.5, 0.6) is 5.88 Å². The summed E-state index contributed by atoms with van der Waals surface area (Å²) in [4.78, 5) is 3.53. The van der Waals surface area contributed by atoms with E-state index in [0.717, 1.165) is 0 Å². The molecule has 0 fully saturated rings. The predicted octanol–water partition coefficient (Wildman–Crippen LogP) is 2.38. The third-order valence-corrected chi connectivity index (χ3v) is 1.66. The standard InChI is InChI=1S/C7H7BrFNO/c1-2-11-6-4-3-5(8)7(9)10-6/h3-4H,2H2,1H3. The maximum atomic E-state index is 12.7. The van der Waals surface area contributed by atoms with Crippen molar-refractivity contribution in [1.82, 2.24) is 4.98 Å². The molecule has 0 N–H and O–H groups in total. The lowest BCUT2D eigenvalue weighted by Crippen LogP contribution is -1.95. The van der Waals surface area contributed by atoms with E-state index in [-0.39, 0.29) is 0 Å². The van der Waals surface area contributed by atoms with Crippen LogP contribution in [0, 0.1) is 5.95 Å². The molecule has 0 radical (unpaired) electrons. The van der Waals surface area contributed by atoms with Gasteiger partial charge in [0, 0.05) is 6.07 Å². The molecule has 0 aliphatic carbocycles. The van der Waals surface area contributed by atoms with Crippen LogP contribution >= 0.6 is 15.9 Å². The summed E-state index contributed by atoms with van der Waals surface area (Å²) >= 11 is 2.99. The van der Waals surface area contributed by atoms with Crippen LogP contribution in [0.4, 0.5) is 4.39 Å². The van der Waals surface area contributed by atoms with E-state index in [1.54, 1.807) is 12.1 Å². The van der Waals surface area contributed by atoms with Crippen LogP contribution in [-0.4, -0.2) is 11.6 Å². The summed E-state index contributed by atoms with van der Waals surface area (Å²) in [5.74, 6) is -0.232. The summed E-state index contributed by atoms with van der Waals surface area (Å²) in [6.07, 6.45) is 0. The van der Waals surface area contributed by atoms with E-state index < -0.39 is 5.95 Å². The number of halogens is 2. The van der Waals surface area contributed by atoms with Gasteiger partial charge in [-0.1, -0.05) is 0 Å². The number of hydrogen-bond acceptors (Lipinski definition) is 2. The molecule has 0 spiro atoms. The molecule has 0 saturated carbocycles. The van der Waals surface area contributed by atoms with Gasteiger partial charge in [0.05, 0.1) is 11.1 Å². The van der Waals surface area contributed by atoms with Gasteiger partial charge in [0.1, 0.15) is 0 Å². The first-order valence-electron chi connectivity index (χ1n) is 3.19. The van der Waals surface area contributed by atoms with Crippen molar-refractivity contribution >= 4 is 15.9 Å². The van der Waals surface area contributed by atoms with Gasteiger partial charge in [-0.05, 0) is 28.9 Å². The highest BCUT2D eigenvalue weighted by Gasteiger charge is 2.01. The first-order valence-corrected chi connectivity index (χ1v) is 3.98. The molecule has 1 rings (SSSR count). The quantitative estimate of drug-likeness (QED) is 0.714. The Morgan fingerprint density at radius 2 is 2.36 bits per heavy atom. The fourth-order valence-corrected chi connectivity index (χ4v) is 0.850. The van der Waals surface area contributed by atoms with Crippen molar-refractivity contribution in [1.29, 1.82) is 0 Å². The molecule has 0 aliphatic rings. The lowest BCUT2D eigenvalue weighted by atomic mass is 10.5. The molecule has 1 aromatic rings. The van der Waals surface area contributed by atoms with E-state index in [1.807, 2.05) is 6.92 Å². The average molecular weight is 220 g/mol. The lowest BCUT2D eigenvalue weighted by molar-refractivity contribution is 0.320. The van der Waals surface area contributed by atoms with Gasteiger partial charge in [0.25, 0.3) is 0 Å². The summed E-state index contributed by atoms with van der Waals surface area (Å²) in [6.45, 7) is 2.32. The Hall–Kier alpha value is -0.640. The third-order valence-electron chi connectivity index (χ3n) is 1.07. The van der Waals surface area contributed by atoms with Gasteiger partial charge in [0.15, 0.2) is 0 Å². The van der Waals surface area contributed by atoms with E-state index in [4.69, 9.17) is 4.74 Å². The monoisotopic (exact) mass is 219 g/mol.